The molecule has 3 aromatic rings. The van der Waals surface area contributed by atoms with Crippen LogP contribution in [-0.2, 0) is 16.1 Å². The number of aryl methyl sites for hydroxylation is 1. The van der Waals surface area contributed by atoms with Gasteiger partial charge in [0, 0.05) is 36.6 Å². The van der Waals surface area contributed by atoms with Crippen molar-refractivity contribution in [1.29, 1.82) is 0 Å². The van der Waals surface area contributed by atoms with Crippen molar-refractivity contribution >= 4 is 17.4 Å². The number of amides is 1. The first-order valence-corrected chi connectivity index (χ1v) is 9.79. The summed E-state index contributed by atoms with van der Waals surface area (Å²) in [7, 11) is 1.57. The number of rotatable bonds is 5. The number of ether oxygens (including phenoxy) is 1. The number of aliphatic hydroxyl groups is 1. The molecule has 2 aromatic heterocycles. The number of hydrogen-bond donors (Lipinski definition) is 1. The molecule has 1 aliphatic heterocycles. The SMILES string of the molecule is COc1ccc(C(O)=C2C(=O)C(=O)N(Cc3cccnc3)C2c2cc[nH+]cc2)cc1C. The van der Waals surface area contributed by atoms with Crippen LogP contribution in [0.25, 0.3) is 5.76 Å². The van der Waals surface area contributed by atoms with Gasteiger partial charge in [0.2, 0.25) is 0 Å². The van der Waals surface area contributed by atoms with Crippen molar-refractivity contribution in [3.63, 3.8) is 0 Å². The predicted molar refractivity (Wildman–Crippen MR) is 113 cm³/mol. The minimum absolute atomic E-state index is 0.0599. The van der Waals surface area contributed by atoms with Crippen LogP contribution in [0.5, 0.6) is 5.75 Å². The summed E-state index contributed by atoms with van der Waals surface area (Å²) < 4.78 is 5.28. The Labute approximate surface area is 179 Å². The van der Waals surface area contributed by atoms with Gasteiger partial charge in [-0.25, -0.2) is 4.98 Å². The Hall–Kier alpha value is -4.00. The number of aromatic amines is 1. The van der Waals surface area contributed by atoms with Crippen molar-refractivity contribution < 1.29 is 24.4 Å². The average Bonchev–Trinajstić information content (AvgIpc) is 3.04. The number of aromatic nitrogens is 2. The van der Waals surface area contributed by atoms with Gasteiger partial charge in [0.1, 0.15) is 11.5 Å². The van der Waals surface area contributed by atoms with E-state index in [-0.39, 0.29) is 17.9 Å². The lowest BCUT2D eigenvalue weighted by molar-refractivity contribution is -0.378. The van der Waals surface area contributed by atoms with Crippen molar-refractivity contribution in [2.75, 3.05) is 7.11 Å². The number of H-pyrrole nitrogens is 1. The largest absolute Gasteiger partial charge is 0.507 e. The smallest absolute Gasteiger partial charge is 0.295 e. The minimum atomic E-state index is -0.725. The van der Waals surface area contributed by atoms with E-state index in [1.54, 1.807) is 68.3 Å². The number of ketones is 1. The van der Waals surface area contributed by atoms with Crippen LogP contribution in [-0.4, -0.2) is 33.8 Å². The first-order chi connectivity index (χ1) is 15.0. The quantitative estimate of drug-likeness (QED) is 0.392. The van der Waals surface area contributed by atoms with Crippen LogP contribution in [0.15, 0.2) is 72.8 Å². The molecule has 1 amide bonds. The fourth-order valence-electron chi connectivity index (χ4n) is 3.84. The molecule has 1 fully saturated rings. The zero-order valence-corrected chi connectivity index (χ0v) is 17.2. The van der Waals surface area contributed by atoms with E-state index >= 15 is 0 Å². The van der Waals surface area contributed by atoms with Crippen molar-refractivity contribution in [1.82, 2.24) is 9.88 Å². The Morgan fingerprint density at radius 1 is 1.19 bits per heavy atom. The molecule has 0 aliphatic carbocycles. The number of pyridine rings is 2. The second-order valence-corrected chi connectivity index (χ2v) is 7.31. The Morgan fingerprint density at radius 2 is 1.97 bits per heavy atom. The number of nitrogens with zero attached hydrogens (tertiary/aromatic N) is 2. The molecule has 1 saturated heterocycles. The molecular formula is C24H22N3O4+. The van der Waals surface area contributed by atoms with Gasteiger partial charge >= 0.3 is 0 Å². The first-order valence-electron chi connectivity index (χ1n) is 9.79. The van der Waals surface area contributed by atoms with Crippen molar-refractivity contribution in [3.8, 4) is 5.75 Å². The lowest BCUT2D eigenvalue weighted by Crippen LogP contribution is -2.29. The molecule has 1 aromatic carbocycles. The number of aliphatic hydroxyl groups excluding tert-OH is 1. The van der Waals surface area contributed by atoms with E-state index in [9.17, 15) is 14.7 Å². The highest BCUT2D eigenvalue weighted by molar-refractivity contribution is 6.46. The summed E-state index contributed by atoms with van der Waals surface area (Å²) in [5, 5.41) is 11.1. The Morgan fingerprint density at radius 3 is 2.61 bits per heavy atom. The van der Waals surface area contributed by atoms with Crippen LogP contribution in [0, 0.1) is 6.92 Å². The molecule has 3 heterocycles. The third-order valence-corrected chi connectivity index (χ3v) is 5.34. The van der Waals surface area contributed by atoms with Crippen molar-refractivity contribution in [2.24, 2.45) is 0 Å². The summed E-state index contributed by atoms with van der Waals surface area (Å²) in [6, 6.07) is 11.6. The maximum absolute atomic E-state index is 13.1. The molecule has 0 bridgehead atoms. The van der Waals surface area contributed by atoms with Gasteiger partial charge in [-0.2, -0.15) is 0 Å². The van der Waals surface area contributed by atoms with E-state index in [0.29, 0.717) is 16.9 Å². The highest BCUT2D eigenvalue weighted by Gasteiger charge is 2.46. The zero-order chi connectivity index (χ0) is 22.0. The van der Waals surface area contributed by atoms with E-state index < -0.39 is 17.7 Å². The van der Waals surface area contributed by atoms with E-state index in [2.05, 4.69) is 9.97 Å². The average molecular weight is 416 g/mol. The fourth-order valence-corrected chi connectivity index (χ4v) is 3.84. The third kappa shape index (κ3) is 3.77. The lowest BCUT2D eigenvalue weighted by Gasteiger charge is -2.24. The Balaban J connectivity index is 1.85. The van der Waals surface area contributed by atoms with Gasteiger partial charge in [-0.3, -0.25) is 14.6 Å². The monoisotopic (exact) mass is 416 g/mol. The molecule has 2 N–H and O–H groups in total. The normalized spacial score (nSPS) is 17.7. The van der Waals surface area contributed by atoms with Crippen LogP contribution >= 0.6 is 0 Å². The zero-order valence-electron chi connectivity index (χ0n) is 17.2. The molecule has 156 valence electrons. The molecule has 0 radical (unpaired) electrons. The maximum Gasteiger partial charge on any atom is 0.295 e. The van der Waals surface area contributed by atoms with Gasteiger partial charge in [0.25, 0.3) is 11.7 Å². The Kier molecular flexibility index (Phi) is 5.49. The van der Waals surface area contributed by atoms with Crippen LogP contribution in [0.4, 0.5) is 0 Å². The van der Waals surface area contributed by atoms with E-state index in [4.69, 9.17) is 4.74 Å². The summed E-state index contributed by atoms with van der Waals surface area (Å²) in [6.45, 7) is 2.04. The number of Topliss-reactive ketones (excluding diaryl/α,β-unsaturated/α-hetero) is 1. The van der Waals surface area contributed by atoms with Gasteiger partial charge in [-0.1, -0.05) is 6.07 Å². The third-order valence-electron chi connectivity index (χ3n) is 5.34. The van der Waals surface area contributed by atoms with E-state index in [1.165, 1.54) is 4.90 Å². The fraction of sp³-hybridized carbons (Fsp3) is 0.167. The number of carbonyl (C=O) groups is 2. The van der Waals surface area contributed by atoms with Gasteiger partial charge < -0.3 is 14.7 Å². The highest BCUT2D eigenvalue weighted by Crippen LogP contribution is 2.40. The van der Waals surface area contributed by atoms with Crippen LogP contribution in [0.2, 0.25) is 0 Å². The predicted octanol–water partition coefficient (Wildman–Crippen LogP) is 2.83. The molecule has 31 heavy (non-hydrogen) atoms. The standard InChI is InChI=1S/C24H21N3O4/c1-15-12-18(5-6-19(15)31-2)22(28)20-21(17-7-10-25-11-8-17)27(24(30)23(20)29)14-16-4-3-9-26-13-16/h3-13,21,28H,14H2,1-2H3/p+1. The van der Waals surface area contributed by atoms with Gasteiger partial charge in [-0.15, -0.1) is 0 Å². The molecule has 1 aliphatic rings. The first kappa shape index (κ1) is 20.3. The molecule has 4 rings (SSSR count). The molecule has 7 nitrogen and oxygen atoms in total. The highest BCUT2D eigenvalue weighted by atomic mass is 16.5. The van der Waals surface area contributed by atoms with Crippen molar-refractivity contribution in [2.45, 2.75) is 19.5 Å². The number of carbonyl (C=O) groups excluding carboxylic acids is 2. The van der Waals surface area contributed by atoms with E-state index in [1.807, 2.05) is 13.0 Å². The number of benzene rings is 1. The molecular weight excluding hydrogens is 394 g/mol. The second-order valence-electron chi connectivity index (χ2n) is 7.31. The number of hydrogen-bond acceptors (Lipinski definition) is 5. The maximum atomic E-state index is 13.1. The summed E-state index contributed by atoms with van der Waals surface area (Å²) in [4.78, 5) is 34.6. The molecule has 1 unspecified atom stereocenters. The van der Waals surface area contributed by atoms with Crippen LogP contribution in [0.1, 0.15) is 28.3 Å². The molecule has 0 saturated carbocycles. The lowest BCUT2D eigenvalue weighted by atomic mass is 9.95. The molecule has 7 heteroatoms. The molecule has 1 atom stereocenters. The summed E-state index contributed by atoms with van der Waals surface area (Å²) in [5.74, 6) is -0.916. The van der Waals surface area contributed by atoms with Crippen LogP contribution in [0.3, 0.4) is 0 Å². The van der Waals surface area contributed by atoms with Gasteiger partial charge in [0.15, 0.2) is 12.4 Å². The Bertz CT molecular complexity index is 1160. The van der Waals surface area contributed by atoms with Crippen molar-refractivity contribution in [3.05, 3.63) is 95.1 Å². The van der Waals surface area contributed by atoms with Crippen LogP contribution < -0.4 is 9.72 Å². The van der Waals surface area contributed by atoms with E-state index in [0.717, 1.165) is 11.1 Å². The summed E-state index contributed by atoms with van der Waals surface area (Å²) >= 11 is 0. The number of methoxy groups -OCH3 is 1. The number of likely N-dealkylation sites (tertiary alicyclic amines) is 1. The number of nitrogens with one attached hydrogen (secondary N) is 1. The molecule has 0 spiro atoms. The minimum Gasteiger partial charge on any atom is -0.507 e. The van der Waals surface area contributed by atoms with Gasteiger partial charge in [-0.05, 0) is 47.9 Å². The second kappa shape index (κ2) is 8.39. The summed E-state index contributed by atoms with van der Waals surface area (Å²) in [5.41, 5.74) is 2.82. The van der Waals surface area contributed by atoms with Gasteiger partial charge in [0.05, 0.1) is 18.7 Å². The topological polar surface area (TPSA) is 93.9 Å². The summed E-state index contributed by atoms with van der Waals surface area (Å²) in [6.07, 6.45) is 6.74.